The van der Waals surface area contributed by atoms with E-state index in [1.807, 2.05) is 0 Å². The first kappa shape index (κ1) is 15.9. The fourth-order valence-electron chi connectivity index (χ4n) is 1.82. The average molecular weight is 309 g/mol. The van der Waals surface area contributed by atoms with E-state index in [4.69, 9.17) is 4.74 Å². The van der Waals surface area contributed by atoms with Crippen molar-refractivity contribution in [2.45, 2.75) is 19.4 Å². The Labute approximate surface area is 125 Å². The van der Waals surface area contributed by atoms with Gasteiger partial charge >= 0.3 is 0 Å². The van der Waals surface area contributed by atoms with E-state index in [1.54, 1.807) is 6.92 Å². The van der Waals surface area contributed by atoms with Crippen molar-refractivity contribution in [3.8, 4) is 5.75 Å². The van der Waals surface area contributed by atoms with Crippen LogP contribution in [0, 0.1) is 17.5 Å². The fraction of sp³-hybridized carbons (Fsp3) is 0.188. The molecule has 0 heterocycles. The zero-order chi connectivity index (χ0) is 16.1. The molecule has 0 radical (unpaired) electrons. The summed E-state index contributed by atoms with van der Waals surface area (Å²) in [6.45, 7) is 1.69. The molecule has 0 fully saturated rings. The maximum absolute atomic E-state index is 13.5. The standard InChI is InChI=1S/C16H14F3NO2/c1-2-14(22-11-8-6-10(17)7-9-11)16(21)20-15-12(18)4-3-5-13(15)19/h3-9,14H,2H2,1H3,(H,20,21). The van der Waals surface area contributed by atoms with Gasteiger partial charge in [-0.2, -0.15) is 0 Å². The molecule has 1 N–H and O–H groups in total. The predicted molar refractivity (Wildman–Crippen MR) is 76.1 cm³/mol. The van der Waals surface area contributed by atoms with Gasteiger partial charge in [-0.15, -0.1) is 0 Å². The minimum absolute atomic E-state index is 0.277. The molecular formula is C16H14F3NO2. The molecule has 22 heavy (non-hydrogen) atoms. The molecule has 2 aromatic rings. The topological polar surface area (TPSA) is 38.3 Å². The van der Waals surface area contributed by atoms with Gasteiger partial charge in [0.15, 0.2) is 6.10 Å². The number of benzene rings is 2. The van der Waals surface area contributed by atoms with E-state index >= 15 is 0 Å². The van der Waals surface area contributed by atoms with Gasteiger partial charge in [0.2, 0.25) is 0 Å². The molecule has 1 amide bonds. The van der Waals surface area contributed by atoms with Crippen LogP contribution in [0.5, 0.6) is 5.75 Å². The van der Waals surface area contributed by atoms with Crippen LogP contribution in [-0.2, 0) is 4.79 Å². The van der Waals surface area contributed by atoms with Crippen molar-refractivity contribution in [3.05, 3.63) is 59.9 Å². The van der Waals surface area contributed by atoms with Gasteiger partial charge in [-0.25, -0.2) is 13.2 Å². The number of ether oxygens (including phenoxy) is 1. The van der Waals surface area contributed by atoms with Crippen LogP contribution in [0.4, 0.5) is 18.9 Å². The second-order valence-electron chi connectivity index (χ2n) is 4.55. The number of carbonyl (C=O) groups excluding carboxylic acids is 1. The van der Waals surface area contributed by atoms with Crippen LogP contribution < -0.4 is 10.1 Å². The Morgan fingerprint density at radius 1 is 1.09 bits per heavy atom. The smallest absolute Gasteiger partial charge is 0.265 e. The highest BCUT2D eigenvalue weighted by molar-refractivity contribution is 5.94. The molecular weight excluding hydrogens is 295 g/mol. The van der Waals surface area contributed by atoms with E-state index in [0.29, 0.717) is 0 Å². The lowest BCUT2D eigenvalue weighted by molar-refractivity contribution is -0.122. The minimum Gasteiger partial charge on any atom is -0.481 e. The van der Waals surface area contributed by atoms with Crippen LogP contribution in [0.15, 0.2) is 42.5 Å². The summed E-state index contributed by atoms with van der Waals surface area (Å²) in [6, 6.07) is 8.41. The SMILES string of the molecule is CCC(Oc1ccc(F)cc1)C(=O)Nc1c(F)cccc1F. The quantitative estimate of drug-likeness (QED) is 0.909. The molecule has 0 aliphatic rings. The highest BCUT2D eigenvalue weighted by atomic mass is 19.1. The van der Waals surface area contributed by atoms with Gasteiger partial charge in [0.25, 0.3) is 5.91 Å². The maximum Gasteiger partial charge on any atom is 0.265 e. The Bertz CT molecular complexity index is 639. The molecule has 3 nitrogen and oxygen atoms in total. The van der Waals surface area contributed by atoms with Gasteiger partial charge in [-0.05, 0) is 42.8 Å². The molecule has 0 aliphatic carbocycles. The Morgan fingerprint density at radius 2 is 1.68 bits per heavy atom. The van der Waals surface area contributed by atoms with Crippen molar-refractivity contribution >= 4 is 11.6 Å². The molecule has 2 rings (SSSR count). The zero-order valence-electron chi connectivity index (χ0n) is 11.8. The lowest BCUT2D eigenvalue weighted by Gasteiger charge is -2.17. The summed E-state index contributed by atoms with van der Waals surface area (Å²) in [5, 5.41) is 2.17. The Kier molecular flexibility index (Phi) is 5.04. The second-order valence-corrected chi connectivity index (χ2v) is 4.55. The van der Waals surface area contributed by atoms with Crippen molar-refractivity contribution in [2.75, 3.05) is 5.32 Å². The van der Waals surface area contributed by atoms with Crippen LogP contribution in [-0.4, -0.2) is 12.0 Å². The van der Waals surface area contributed by atoms with Crippen molar-refractivity contribution in [1.29, 1.82) is 0 Å². The molecule has 1 unspecified atom stereocenters. The van der Waals surface area contributed by atoms with Gasteiger partial charge in [-0.3, -0.25) is 4.79 Å². The van der Waals surface area contributed by atoms with Crippen LogP contribution in [0.3, 0.4) is 0 Å². The summed E-state index contributed by atoms with van der Waals surface area (Å²) in [5.41, 5.74) is -0.520. The van der Waals surface area contributed by atoms with Crippen molar-refractivity contribution in [3.63, 3.8) is 0 Å². The molecule has 0 spiro atoms. The Hall–Kier alpha value is -2.50. The molecule has 0 saturated carbocycles. The van der Waals surface area contributed by atoms with Gasteiger partial charge in [0.1, 0.15) is 28.9 Å². The fourth-order valence-corrected chi connectivity index (χ4v) is 1.82. The largest absolute Gasteiger partial charge is 0.481 e. The molecule has 0 aliphatic heterocycles. The van der Waals surface area contributed by atoms with Crippen LogP contribution in [0.25, 0.3) is 0 Å². The van der Waals surface area contributed by atoms with Crippen LogP contribution >= 0.6 is 0 Å². The number of nitrogens with one attached hydrogen (secondary N) is 1. The summed E-state index contributed by atoms with van der Waals surface area (Å²) < 4.78 is 45.3. The lowest BCUT2D eigenvalue weighted by Crippen LogP contribution is -2.33. The summed E-state index contributed by atoms with van der Waals surface area (Å²) in [5.74, 6) is -2.57. The van der Waals surface area contributed by atoms with E-state index in [-0.39, 0.29) is 12.2 Å². The monoisotopic (exact) mass is 309 g/mol. The van der Waals surface area contributed by atoms with E-state index in [0.717, 1.165) is 12.1 Å². The summed E-state index contributed by atoms with van der Waals surface area (Å²) in [6.07, 6.45) is -0.677. The number of hydrogen-bond donors (Lipinski definition) is 1. The normalized spacial score (nSPS) is 11.8. The maximum atomic E-state index is 13.5. The number of amides is 1. The van der Waals surface area contributed by atoms with E-state index in [1.165, 1.54) is 30.3 Å². The highest BCUT2D eigenvalue weighted by Gasteiger charge is 2.21. The highest BCUT2D eigenvalue weighted by Crippen LogP contribution is 2.20. The Morgan fingerprint density at radius 3 is 2.23 bits per heavy atom. The van der Waals surface area contributed by atoms with Crippen LogP contribution in [0.2, 0.25) is 0 Å². The van der Waals surface area contributed by atoms with Gasteiger partial charge in [0, 0.05) is 0 Å². The molecule has 0 aromatic heterocycles. The number of para-hydroxylation sites is 1. The minimum atomic E-state index is -0.954. The number of anilines is 1. The number of rotatable bonds is 5. The first-order valence-electron chi connectivity index (χ1n) is 6.68. The third-order valence-corrected chi connectivity index (χ3v) is 2.97. The molecule has 2 aromatic carbocycles. The zero-order valence-corrected chi connectivity index (χ0v) is 11.8. The van der Waals surface area contributed by atoms with E-state index in [2.05, 4.69) is 5.32 Å². The van der Waals surface area contributed by atoms with Crippen molar-refractivity contribution < 1.29 is 22.7 Å². The Balaban J connectivity index is 2.10. The van der Waals surface area contributed by atoms with Crippen molar-refractivity contribution in [2.24, 2.45) is 0 Å². The summed E-state index contributed by atoms with van der Waals surface area (Å²) in [7, 11) is 0. The first-order valence-corrected chi connectivity index (χ1v) is 6.68. The molecule has 0 saturated heterocycles. The van der Waals surface area contributed by atoms with E-state index in [9.17, 15) is 18.0 Å². The molecule has 1 atom stereocenters. The van der Waals surface area contributed by atoms with Crippen LogP contribution in [0.1, 0.15) is 13.3 Å². The molecule has 6 heteroatoms. The number of hydrogen-bond acceptors (Lipinski definition) is 2. The molecule has 0 bridgehead atoms. The van der Waals surface area contributed by atoms with E-state index < -0.39 is 35.2 Å². The van der Waals surface area contributed by atoms with Crippen molar-refractivity contribution in [1.82, 2.24) is 0 Å². The molecule has 116 valence electrons. The van der Waals surface area contributed by atoms with Gasteiger partial charge < -0.3 is 10.1 Å². The van der Waals surface area contributed by atoms with Gasteiger partial charge in [-0.1, -0.05) is 13.0 Å². The third kappa shape index (κ3) is 3.78. The predicted octanol–water partition coefficient (Wildman–Crippen LogP) is 3.90. The summed E-state index contributed by atoms with van der Waals surface area (Å²) in [4.78, 5) is 12.1. The second kappa shape index (κ2) is 6.98. The van der Waals surface area contributed by atoms with Gasteiger partial charge in [0.05, 0.1) is 0 Å². The average Bonchev–Trinajstić information content (AvgIpc) is 2.50. The first-order chi connectivity index (χ1) is 10.5. The third-order valence-electron chi connectivity index (χ3n) is 2.97. The lowest BCUT2D eigenvalue weighted by atomic mass is 10.2. The number of carbonyl (C=O) groups is 1. The number of halogens is 3. The summed E-state index contributed by atoms with van der Waals surface area (Å²) >= 11 is 0.